The van der Waals surface area contributed by atoms with E-state index in [1.807, 2.05) is 0 Å². The molecule has 0 bridgehead atoms. The van der Waals surface area contributed by atoms with Crippen LogP contribution in [0.2, 0.25) is 0 Å². The summed E-state index contributed by atoms with van der Waals surface area (Å²) in [6, 6.07) is 0.288. The molecule has 3 aliphatic heterocycles. The lowest BCUT2D eigenvalue weighted by Gasteiger charge is -2.45. The summed E-state index contributed by atoms with van der Waals surface area (Å²) in [6.45, 7) is 4.30. The molecule has 18 heavy (non-hydrogen) atoms. The highest BCUT2D eigenvalue weighted by atomic mass is 16.5. The minimum Gasteiger partial charge on any atom is -0.381 e. The highest BCUT2D eigenvalue weighted by Gasteiger charge is 2.42. The molecular formula is C14H25NO3. The van der Waals surface area contributed by atoms with Gasteiger partial charge in [-0.2, -0.15) is 0 Å². The number of rotatable bonds is 2. The van der Waals surface area contributed by atoms with Crippen LogP contribution in [0.25, 0.3) is 0 Å². The Morgan fingerprint density at radius 2 is 1.72 bits per heavy atom. The Morgan fingerprint density at radius 1 is 0.944 bits per heavy atom. The first-order valence-electron chi connectivity index (χ1n) is 7.34. The molecule has 3 heterocycles. The molecule has 4 nitrogen and oxygen atoms in total. The van der Waals surface area contributed by atoms with Gasteiger partial charge in [-0.25, -0.2) is 0 Å². The Labute approximate surface area is 109 Å². The molecular weight excluding hydrogens is 230 g/mol. The van der Waals surface area contributed by atoms with Crippen molar-refractivity contribution in [2.24, 2.45) is 17.6 Å². The van der Waals surface area contributed by atoms with Crippen LogP contribution in [0.15, 0.2) is 0 Å². The zero-order valence-corrected chi connectivity index (χ0v) is 11.1. The molecule has 3 unspecified atom stereocenters. The fourth-order valence-corrected chi connectivity index (χ4v) is 3.73. The average Bonchev–Trinajstić information content (AvgIpc) is 2.93. The minimum atomic E-state index is 0.0677. The lowest BCUT2D eigenvalue weighted by Crippen LogP contribution is -2.50. The predicted octanol–water partition coefficient (Wildman–Crippen LogP) is 1.33. The van der Waals surface area contributed by atoms with Crippen molar-refractivity contribution in [3.8, 4) is 0 Å². The van der Waals surface area contributed by atoms with E-state index in [0.717, 1.165) is 65.1 Å². The van der Waals surface area contributed by atoms with Crippen LogP contribution in [0.1, 0.15) is 32.1 Å². The van der Waals surface area contributed by atoms with Crippen molar-refractivity contribution in [1.82, 2.24) is 0 Å². The lowest BCUT2D eigenvalue weighted by molar-refractivity contribution is -0.150. The fourth-order valence-electron chi connectivity index (χ4n) is 3.73. The van der Waals surface area contributed by atoms with Crippen LogP contribution >= 0.6 is 0 Å². The molecule has 1 spiro atoms. The summed E-state index contributed by atoms with van der Waals surface area (Å²) < 4.78 is 17.0. The van der Waals surface area contributed by atoms with E-state index in [4.69, 9.17) is 19.9 Å². The van der Waals surface area contributed by atoms with Crippen LogP contribution in [0.4, 0.5) is 0 Å². The Balaban J connectivity index is 1.62. The van der Waals surface area contributed by atoms with Gasteiger partial charge in [0.2, 0.25) is 0 Å². The number of nitrogens with two attached hydrogens (primary N) is 1. The summed E-state index contributed by atoms with van der Waals surface area (Å²) >= 11 is 0. The predicted molar refractivity (Wildman–Crippen MR) is 68.4 cm³/mol. The maximum atomic E-state index is 6.48. The highest BCUT2D eigenvalue weighted by Crippen LogP contribution is 2.39. The van der Waals surface area contributed by atoms with Crippen LogP contribution in [-0.4, -0.2) is 44.7 Å². The SMILES string of the molecule is NC(C1CCOC1)C1CCOC2(CCOCC2)C1. The molecule has 0 aromatic heterocycles. The molecule has 3 fully saturated rings. The van der Waals surface area contributed by atoms with Gasteiger partial charge >= 0.3 is 0 Å². The van der Waals surface area contributed by atoms with Crippen molar-refractivity contribution < 1.29 is 14.2 Å². The molecule has 3 rings (SSSR count). The molecule has 0 amide bonds. The normalized spacial score (nSPS) is 37.8. The molecule has 4 heteroatoms. The molecule has 0 aromatic carbocycles. The Hall–Kier alpha value is -0.160. The second-order valence-corrected chi connectivity index (χ2v) is 6.10. The number of ether oxygens (including phenoxy) is 3. The summed E-state index contributed by atoms with van der Waals surface area (Å²) in [5, 5.41) is 0. The maximum absolute atomic E-state index is 6.48. The van der Waals surface area contributed by atoms with Crippen LogP contribution in [0.3, 0.4) is 0 Å². The first-order valence-corrected chi connectivity index (χ1v) is 7.34. The van der Waals surface area contributed by atoms with Crippen molar-refractivity contribution >= 4 is 0 Å². The molecule has 3 atom stereocenters. The summed E-state index contributed by atoms with van der Waals surface area (Å²) in [7, 11) is 0. The zero-order chi connectivity index (χ0) is 12.4. The third-order valence-electron chi connectivity index (χ3n) is 4.99. The van der Waals surface area contributed by atoms with E-state index < -0.39 is 0 Å². The topological polar surface area (TPSA) is 53.7 Å². The van der Waals surface area contributed by atoms with E-state index in [9.17, 15) is 0 Å². The van der Waals surface area contributed by atoms with Crippen molar-refractivity contribution in [1.29, 1.82) is 0 Å². The molecule has 0 aliphatic carbocycles. The quantitative estimate of drug-likeness (QED) is 0.808. The lowest BCUT2D eigenvalue weighted by atomic mass is 9.75. The number of hydrogen-bond acceptors (Lipinski definition) is 4. The largest absolute Gasteiger partial charge is 0.381 e. The third kappa shape index (κ3) is 2.57. The van der Waals surface area contributed by atoms with E-state index >= 15 is 0 Å². The van der Waals surface area contributed by atoms with Crippen molar-refractivity contribution in [2.45, 2.75) is 43.7 Å². The Morgan fingerprint density at radius 3 is 2.44 bits per heavy atom. The summed E-state index contributed by atoms with van der Waals surface area (Å²) in [5.41, 5.74) is 6.54. The van der Waals surface area contributed by atoms with Gasteiger partial charge in [-0.1, -0.05) is 0 Å². The van der Waals surface area contributed by atoms with Gasteiger partial charge in [0.05, 0.1) is 12.2 Å². The first kappa shape index (κ1) is 12.9. The summed E-state index contributed by atoms with van der Waals surface area (Å²) in [5.74, 6) is 1.16. The van der Waals surface area contributed by atoms with Crippen molar-refractivity contribution in [3.63, 3.8) is 0 Å². The van der Waals surface area contributed by atoms with Crippen molar-refractivity contribution in [3.05, 3.63) is 0 Å². The van der Waals surface area contributed by atoms with E-state index in [1.54, 1.807) is 0 Å². The number of hydrogen-bond donors (Lipinski definition) is 1. The van der Waals surface area contributed by atoms with E-state index in [0.29, 0.717) is 11.8 Å². The van der Waals surface area contributed by atoms with E-state index in [2.05, 4.69) is 0 Å². The van der Waals surface area contributed by atoms with Crippen LogP contribution < -0.4 is 5.73 Å². The van der Waals surface area contributed by atoms with Gasteiger partial charge in [0, 0.05) is 32.5 Å². The monoisotopic (exact) mass is 255 g/mol. The molecule has 3 saturated heterocycles. The van der Waals surface area contributed by atoms with Gasteiger partial charge in [0.1, 0.15) is 0 Å². The summed E-state index contributed by atoms with van der Waals surface area (Å²) in [4.78, 5) is 0. The molecule has 0 aromatic rings. The zero-order valence-electron chi connectivity index (χ0n) is 11.1. The van der Waals surface area contributed by atoms with Crippen LogP contribution in [0.5, 0.6) is 0 Å². The molecule has 0 radical (unpaired) electrons. The first-order chi connectivity index (χ1) is 8.79. The minimum absolute atomic E-state index is 0.0677. The van der Waals surface area contributed by atoms with Gasteiger partial charge in [-0.3, -0.25) is 0 Å². The third-order valence-corrected chi connectivity index (χ3v) is 4.99. The second-order valence-electron chi connectivity index (χ2n) is 6.10. The van der Waals surface area contributed by atoms with Crippen LogP contribution in [-0.2, 0) is 14.2 Å². The van der Waals surface area contributed by atoms with Crippen LogP contribution in [0, 0.1) is 11.8 Å². The second kappa shape index (κ2) is 5.45. The molecule has 3 aliphatic rings. The molecule has 0 saturated carbocycles. The molecule has 104 valence electrons. The van der Waals surface area contributed by atoms with E-state index in [-0.39, 0.29) is 11.6 Å². The van der Waals surface area contributed by atoms with Gasteiger partial charge in [0.25, 0.3) is 0 Å². The van der Waals surface area contributed by atoms with Gasteiger partial charge in [-0.15, -0.1) is 0 Å². The van der Waals surface area contributed by atoms with Gasteiger partial charge < -0.3 is 19.9 Å². The Kier molecular flexibility index (Phi) is 3.89. The fraction of sp³-hybridized carbons (Fsp3) is 1.00. The average molecular weight is 255 g/mol. The maximum Gasteiger partial charge on any atom is 0.0729 e. The highest BCUT2D eigenvalue weighted by molar-refractivity contribution is 4.94. The van der Waals surface area contributed by atoms with Gasteiger partial charge in [0.15, 0.2) is 0 Å². The smallest absolute Gasteiger partial charge is 0.0729 e. The Bertz CT molecular complexity index is 267. The molecule has 2 N–H and O–H groups in total. The summed E-state index contributed by atoms with van der Waals surface area (Å²) in [6.07, 6.45) is 5.44. The standard InChI is InChI=1S/C14H25NO3/c15-13(12-1-5-17-10-12)11-2-6-18-14(9-11)3-7-16-8-4-14/h11-13H,1-10,15H2. The van der Waals surface area contributed by atoms with E-state index in [1.165, 1.54) is 0 Å². The van der Waals surface area contributed by atoms with Gasteiger partial charge in [-0.05, 0) is 43.9 Å². The van der Waals surface area contributed by atoms with Crippen molar-refractivity contribution in [2.75, 3.05) is 33.0 Å².